The summed E-state index contributed by atoms with van der Waals surface area (Å²) in [7, 11) is 2.22. The van der Waals surface area contributed by atoms with Gasteiger partial charge in [0.1, 0.15) is 0 Å². The van der Waals surface area contributed by atoms with Crippen molar-refractivity contribution in [3.05, 3.63) is 58.7 Å². The van der Waals surface area contributed by atoms with E-state index in [1.807, 2.05) is 6.20 Å². The molecule has 2 aromatic heterocycles. The topological polar surface area (TPSA) is 34.0 Å². The number of nitrogens with zero attached hydrogens (tertiary/aromatic N) is 4. The number of benzene rings is 1. The maximum Gasteiger partial charge on any atom is 0.0894 e. The largest absolute Gasteiger partial charge is 0.345 e. The summed E-state index contributed by atoms with van der Waals surface area (Å²) in [5.41, 5.74) is 8.31. The van der Waals surface area contributed by atoms with Crippen LogP contribution in [-0.4, -0.2) is 39.6 Å². The fourth-order valence-electron chi connectivity index (χ4n) is 4.75. The molecule has 1 saturated heterocycles. The number of aryl methyl sites for hydroxylation is 1. The highest BCUT2D eigenvalue weighted by molar-refractivity contribution is 5.78. The van der Waals surface area contributed by atoms with Crippen LogP contribution in [0.5, 0.6) is 0 Å². The summed E-state index contributed by atoms with van der Waals surface area (Å²) in [5, 5.41) is 0. The van der Waals surface area contributed by atoms with E-state index in [2.05, 4.69) is 71.8 Å². The molecule has 4 nitrogen and oxygen atoms in total. The standard InChI is InChI=1S/C25H30N4/c1-17-14-20(18(2)29(17)23-10-12-28(3)13-11-23)6-8-22-16-26-25-15-21(19-4-5-19)7-9-24(25)27-22/h6-9,14-16,19,23H,4-5,10-13H2,1-3H3/b8-6+. The molecule has 0 amide bonds. The highest BCUT2D eigenvalue weighted by atomic mass is 15.1. The molecule has 3 heterocycles. The van der Waals surface area contributed by atoms with Crippen LogP contribution in [0.15, 0.2) is 30.5 Å². The molecular weight excluding hydrogens is 356 g/mol. The van der Waals surface area contributed by atoms with E-state index in [1.54, 1.807) is 0 Å². The molecule has 1 aliphatic carbocycles. The highest BCUT2D eigenvalue weighted by Gasteiger charge is 2.24. The fourth-order valence-corrected chi connectivity index (χ4v) is 4.75. The van der Waals surface area contributed by atoms with Gasteiger partial charge in [0.2, 0.25) is 0 Å². The van der Waals surface area contributed by atoms with Gasteiger partial charge in [-0.05, 0) is 101 Å². The molecule has 29 heavy (non-hydrogen) atoms. The minimum atomic E-state index is 0.620. The number of likely N-dealkylation sites (tertiary alicyclic amines) is 1. The summed E-state index contributed by atoms with van der Waals surface area (Å²) in [5.74, 6) is 0.751. The van der Waals surface area contributed by atoms with Crippen molar-refractivity contribution in [1.29, 1.82) is 0 Å². The number of hydrogen-bond donors (Lipinski definition) is 0. The lowest BCUT2D eigenvalue weighted by atomic mass is 10.0. The monoisotopic (exact) mass is 386 g/mol. The van der Waals surface area contributed by atoms with Crippen molar-refractivity contribution in [3.63, 3.8) is 0 Å². The number of piperidine rings is 1. The van der Waals surface area contributed by atoms with Crippen LogP contribution in [-0.2, 0) is 0 Å². The number of aromatic nitrogens is 3. The highest BCUT2D eigenvalue weighted by Crippen LogP contribution is 2.40. The number of rotatable bonds is 4. The lowest BCUT2D eigenvalue weighted by Gasteiger charge is -2.31. The lowest BCUT2D eigenvalue weighted by molar-refractivity contribution is 0.218. The van der Waals surface area contributed by atoms with Crippen LogP contribution in [0.2, 0.25) is 0 Å². The summed E-state index contributed by atoms with van der Waals surface area (Å²) >= 11 is 0. The molecule has 0 unspecified atom stereocenters. The third kappa shape index (κ3) is 3.74. The van der Waals surface area contributed by atoms with Gasteiger partial charge >= 0.3 is 0 Å². The van der Waals surface area contributed by atoms with E-state index in [9.17, 15) is 0 Å². The zero-order chi connectivity index (χ0) is 20.0. The molecule has 1 aromatic carbocycles. The van der Waals surface area contributed by atoms with E-state index in [0.29, 0.717) is 6.04 Å². The van der Waals surface area contributed by atoms with Crippen LogP contribution in [0.4, 0.5) is 0 Å². The van der Waals surface area contributed by atoms with E-state index < -0.39 is 0 Å². The zero-order valence-corrected chi connectivity index (χ0v) is 17.7. The Morgan fingerprint density at radius 2 is 1.76 bits per heavy atom. The molecule has 4 heteroatoms. The SMILES string of the molecule is Cc1cc(/C=C/c2cnc3cc(C4CC4)ccc3n2)c(C)n1C1CCN(C)CC1. The maximum atomic E-state index is 4.81. The first-order chi connectivity index (χ1) is 14.1. The van der Waals surface area contributed by atoms with Crippen LogP contribution in [0.25, 0.3) is 23.2 Å². The molecule has 1 aliphatic heterocycles. The predicted molar refractivity (Wildman–Crippen MR) is 120 cm³/mol. The third-order valence-corrected chi connectivity index (χ3v) is 6.64. The smallest absolute Gasteiger partial charge is 0.0894 e. The minimum absolute atomic E-state index is 0.620. The van der Waals surface area contributed by atoms with Gasteiger partial charge in [-0.1, -0.05) is 12.1 Å². The summed E-state index contributed by atoms with van der Waals surface area (Å²) in [6, 6.07) is 9.48. The normalized spacial score (nSPS) is 18.9. The summed E-state index contributed by atoms with van der Waals surface area (Å²) < 4.78 is 2.54. The van der Waals surface area contributed by atoms with Gasteiger partial charge in [-0.2, -0.15) is 0 Å². The van der Waals surface area contributed by atoms with E-state index in [4.69, 9.17) is 4.98 Å². The van der Waals surface area contributed by atoms with Crippen molar-refractivity contribution in [1.82, 2.24) is 19.4 Å². The number of hydrogen-bond acceptors (Lipinski definition) is 3. The molecule has 3 aromatic rings. The van der Waals surface area contributed by atoms with Gasteiger partial charge in [-0.15, -0.1) is 0 Å². The average molecular weight is 387 g/mol. The Bertz CT molecular complexity index is 1070. The minimum Gasteiger partial charge on any atom is -0.345 e. The zero-order valence-electron chi connectivity index (χ0n) is 17.7. The second kappa shape index (κ2) is 7.42. The molecule has 0 atom stereocenters. The molecule has 0 radical (unpaired) electrons. The summed E-state index contributed by atoms with van der Waals surface area (Å²) in [4.78, 5) is 11.9. The van der Waals surface area contributed by atoms with Gasteiger partial charge in [-0.3, -0.25) is 4.98 Å². The first-order valence-electron chi connectivity index (χ1n) is 10.9. The van der Waals surface area contributed by atoms with Crippen LogP contribution in [0.3, 0.4) is 0 Å². The lowest BCUT2D eigenvalue weighted by Crippen LogP contribution is -2.32. The van der Waals surface area contributed by atoms with Gasteiger partial charge in [-0.25, -0.2) is 4.98 Å². The van der Waals surface area contributed by atoms with Crippen molar-refractivity contribution in [2.24, 2.45) is 0 Å². The first-order valence-corrected chi connectivity index (χ1v) is 10.9. The van der Waals surface area contributed by atoms with Crippen LogP contribution in [0, 0.1) is 13.8 Å². The summed E-state index contributed by atoms with van der Waals surface area (Å²) in [6.07, 6.45) is 11.3. The Labute approximate surface area is 173 Å². The van der Waals surface area contributed by atoms with Crippen molar-refractivity contribution >= 4 is 23.2 Å². The number of fused-ring (bicyclic) bond motifs is 1. The summed E-state index contributed by atoms with van der Waals surface area (Å²) in [6.45, 7) is 6.84. The molecule has 150 valence electrons. The molecule has 0 spiro atoms. The Kier molecular flexibility index (Phi) is 4.75. The Hall–Kier alpha value is -2.46. The molecular formula is C25H30N4. The maximum absolute atomic E-state index is 4.81. The molecule has 2 aliphatic rings. The Morgan fingerprint density at radius 1 is 0.966 bits per heavy atom. The van der Waals surface area contributed by atoms with Crippen molar-refractivity contribution in [2.75, 3.05) is 20.1 Å². The van der Waals surface area contributed by atoms with Crippen LogP contribution < -0.4 is 0 Å². The van der Waals surface area contributed by atoms with E-state index in [1.165, 1.54) is 61.3 Å². The third-order valence-electron chi connectivity index (χ3n) is 6.64. The molecule has 5 rings (SSSR count). The molecule has 0 bridgehead atoms. The van der Waals surface area contributed by atoms with Gasteiger partial charge in [0.15, 0.2) is 0 Å². The fraction of sp³-hybridized carbons (Fsp3) is 0.440. The molecule has 1 saturated carbocycles. The quantitative estimate of drug-likeness (QED) is 0.605. The van der Waals surface area contributed by atoms with Crippen molar-refractivity contribution in [2.45, 2.75) is 51.5 Å². The van der Waals surface area contributed by atoms with Gasteiger partial charge in [0.25, 0.3) is 0 Å². The first kappa shape index (κ1) is 18.6. The van der Waals surface area contributed by atoms with E-state index in [-0.39, 0.29) is 0 Å². The van der Waals surface area contributed by atoms with E-state index >= 15 is 0 Å². The van der Waals surface area contributed by atoms with Gasteiger partial charge in [0.05, 0.1) is 22.9 Å². The molecule has 2 fully saturated rings. The van der Waals surface area contributed by atoms with Crippen molar-refractivity contribution < 1.29 is 0 Å². The van der Waals surface area contributed by atoms with Crippen LogP contribution in [0.1, 0.15) is 65.9 Å². The van der Waals surface area contributed by atoms with Gasteiger partial charge < -0.3 is 9.47 Å². The van der Waals surface area contributed by atoms with E-state index in [0.717, 1.165) is 22.6 Å². The van der Waals surface area contributed by atoms with Crippen LogP contribution >= 0.6 is 0 Å². The Balaban J connectivity index is 1.38. The average Bonchev–Trinajstić information content (AvgIpc) is 3.53. The second-order valence-electron chi connectivity index (χ2n) is 8.88. The molecule has 0 N–H and O–H groups in total. The Morgan fingerprint density at radius 3 is 2.52 bits per heavy atom. The van der Waals surface area contributed by atoms with Gasteiger partial charge in [0, 0.05) is 17.4 Å². The second-order valence-corrected chi connectivity index (χ2v) is 8.88. The predicted octanol–water partition coefficient (Wildman–Crippen LogP) is 5.36. The van der Waals surface area contributed by atoms with Crippen molar-refractivity contribution in [3.8, 4) is 0 Å².